The summed E-state index contributed by atoms with van der Waals surface area (Å²) in [5.41, 5.74) is 1.35. The van der Waals surface area contributed by atoms with E-state index in [1.54, 1.807) is 0 Å². The van der Waals surface area contributed by atoms with Gasteiger partial charge in [-0.2, -0.15) is 0 Å². The highest BCUT2D eigenvalue weighted by Gasteiger charge is 2.35. The van der Waals surface area contributed by atoms with Gasteiger partial charge in [0, 0.05) is 5.56 Å². The van der Waals surface area contributed by atoms with Crippen molar-refractivity contribution >= 4 is 17.7 Å². The summed E-state index contributed by atoms with van der Waals surface area (Å²) in [5, 5.41) is 17.4. The number of nitrogens with zero attached hydrogens (tertiary/aromatic N) is 1. The maximum atomic E-state index is 11.3. The number of imide groups is 1. The van der Waals surface area contributed by atoms with Crippen LogP contribution in [0.4, 0.5) is 0 Å². The van der Waals surface area contributed by atoms with Crippen molar-refractivity contribution in [2.24, 2.45) is 0 Å². The number of rotatable bonds is 1. The molecular weight excluding hydrogens is 216 g/mol. The summed E-state index contributed by atoms with van der Waals surface area (Å²) in [6.45, 7) is 0. The standard InChI is InChI=1S/C9H6N2O5/c12-7(10-15)4-1-2-5-6(3-4)9(14)11(16)8(5)13/h1-3,15-16H,(H,10,12). The lowest BCUT2D eigenvalue weighted by Crippen LogP contribution is -2.25. The summed E-state index contributed by atoms with van der Waals surface area (Å²) >= 11 is 0. The average Bonchev–Trinajstić information content (AvgIpc) is 2.53. The third-order valence-electron chi connectivity index (χ3n) is 2.23. The number of nitrogens with one attached hydrogen (secondary N) is 1. The molecule has 1 heterocycles. The topological polar surface area (TPSA) is 107 Å². The van der Waals surface area contributed by atoms with E-state index in [0.717, 1.165) is 6.07 Å². The molecular formula is C9H6N2O5. The van der Waals surface area contributed by atoms with E-state index in [-0.39, 0.29) is 21.8 Å². The van der Waals surface area contributed by atoms with Gasteiger partial charge in [-0.1, -0.05) is 0 Å². The minimum atomic E-state index is -0.896. The van der Waals surface area contributed by atoms with Crippen LogP contribution < -0.4 is 5.48 Å². The molecule has 0 spiro atoms. The summed E-state index contributed by atoms with van der Waals surface area (Å²) in [6.07, 6.45) is 0. The van der Waals surface area contributed by atoms with Gasteiger partial charge in [0.1, 0.15) is 0 Å². The van der Waals surface area contributed by atoms with E-state index in [1.807, 2.05) is 0 Å². The first-order chi connectivity index (χ1) is 7.56. The maximum Gasteiger partial charge on any atom is 0.285 e. The quantitative estimate of drug-likeness (QED) is 0.346. The van der Waals surface area contributed by atoms with Gasteiger partial charge < -0.3 is 0 Å². The van der Waals surface area contributed by atoms with Gasteiger partial charge in [-0.05, 0) is 18.2 Å². The van der Waals surface area contributed by atoms with Crippen LogP contribution in [0, 0.1) is 0 Å². The van der Waals surface area contributed by atoms with Gasteiger partial charge in [-0.3, -0.25) is 24.8 Å². The molecule has 3 amide bonds. The van der Waals surface area contributed by atoms with Crippen molar-refractivity contribution in [2.75, 3.05) is 0 Å². The van der Waals surface area contributed by atoms with Crippen molar-refractivity contribution in [1.29, 1.82) is 0 Å². The number of benzene rings is 1. The Morgan fingerprint density at radius 1 is 1.19 bits per heavy atom. The van der Waals surface area contributed by atoms with Crippen molar-refractivity contribution in [3.63, 3.8) is 0 Å². The second kappa shape index (κ2) is 3.40. The van der Waals surface area contributed by atoms with E-state index < -0.39 is 17.7 Å². The van der Waals surface area contributed by atoms with E-state index in [2.05, 4.69) is 0 Å². The Kier molecular flexibility index (Phi) is 2.18. The van der Waals surface area contributed by atoms with Crippen LogP contribution >= 0.6 is 0 Å². The van der Waals surface area contributed by atoms with Crippen LogP contribution in [0.25, 0.3) is 0 Å². The first kappa shape index (κ1) is 10.3. The Labute approximate surface area is 88.8 Å². The van der Waals surface area contributed by atoms with Crippen LogP contribution in [0.15, 0.2) is 18.2 Å². The summed E-state index contributed by atoms with van der Waals surface area (Å²) in [7, 11) is 0. The maximum absolute atomic E-state index is 11.3. The lowest BCUT2D eigenvalue weighted by atomic mass is 10.1. The number of hydroxylamine groups is 3. The molecule has 0 saturated carbocycles. The largest absolute Gasteiger partial charge is 0.288 e. The fourth-order valence-corrected chi connectivity index (χ4v) is 1.43. The van der Waals surface area contributed by atoms with Gasteiger partial charge in [0.15, 0.2) is 0 Å². The number of fused-ring (bicyclic) bond motifs is 1. The average molecular weight is 222 g/mol. The minimum Gasteiger partial charge on any atom is -0.288 e. The minimum absolute atomic E-state index is 0.0118. The smallest absolute Gasteiger partial charge is 0.285 e. The van der Waals surface area contributed by atoms with Gasteiger partial charge in [0.05, 0.1) is 11.1 Å². The lowest BCUT2D eigenvalue weighted by molar-refractivity contribution is -0.0327. The molecule has 0 radical (unpaired) electrons. The molecule has 0 atom stereocenters. The molecule has 0 aromatic heterocycles. The third-order valence-corrected chi connectivity index (χ3v) is 2.23. The first-order valence-corrected chi connectivity index (χ1v) is 4.22. The first-order valence-electron chi connectivity index (χ1n) is 4.22. The van der Waals surface area contributed by atoms with Crippen LogP contribution in [-0.4, -0.2) is 33.2 Å². The molecule has 2 rings (SSSR count). The third kappa shape index (κ3) is 1.27. The second-order valence-electron chi connectivity index (χ2n) is 3.12. The highest BCUT2D eigenvalue weighted by molar-refractivity contribution is 6.21. The Hall–Kier alpha value is -2.25. The summed E-state index contributed by atoms with van der Waals surface area (Å²) < 4.78 is 0. The van der Waals surface area contributed by atoms with Crippen LogP contribution in [0.1, 0.15) is 31.1 Å². The molecule has 1 aromatic rings. The number of hydrogen-bond acceptors (Lipinski definition) is 5. The van der Waals surface area contributed by atoms with Gasteiger partial charge in [-0.25, -0.2) is 5.48 Å². The van der Waals surface area contributed by atoms with E-state index in [4.69, 9.17) is 10.4 Å². The molecule has 7 nitrogen and oxygen atoms in total. The van der Waals surface area contributed by atoms with Gasteiger partial charge in [-0.15, -0.1) is 5.06 Å². The number of carbonyl (C=O) groups excluding carboxylic acids is 3. The predicted octanol–water partition coefficient (Wildman–Crippen LogP) is -0.209. The molecule has 1 aliphatic heterocycles. The molecule has 7 heteroatoms. The molecule has 0 fully saturated rings. The molecule has 0 unspecified atom stereocenters. The molecule has 82 valence electrons. The Bertz CT molecular complexity index is 511. The zero-order chi connectivity index (χ0) is 11.9. The molecule has 1 aromatic carbocycles. The zero-order valence-electron chi connectivity index (χ0n) is 7.80. The van der Waals surface area contributed by atoms with Crippen LogP contribution in [-0.2, 0) is 0 Å². The Balaban J connectivity index is 2.53. The highest BCUT2D eigenvalue weighted by Crippen LogP contribution is 2.22. The molecule has 0 bridgehead atoms. The van der Waals surface area contributed by atoms with Crippen molar-refractivity contribution < 1.29 is 24.8 Å². The lowest BCUT2D eigenvalue weighted by Gasteiger charge is -2.00. The number of hydrogen-bond donors (Lipinski definition) is 3. The van der Waals surface area contributed by atoms with Crippen LogP contribution in [0.5, 0.6) is 0 Å². The summed E-state index contributed by atoms with van der Waals surface area (Å²) in [4.78, 5) is 33.6. The predicted molar refractivity (Wildman–Crippen MR) is 48.0 cm³/mol. The fourth-order valence-electron chi connectivity index (χ4n) is 1.43. The van der Waals surface area contributed by atoms with Gasteiger partial charge in [0.25, 0.3) is 17.7 Å². The second-order valence-corrected chi connectivity index (χ2v) is 3.12. The van der Waals surface area contributed by atoms with Crippen molar-refractivity contribution in [1.82, 2.24) is 10.5 Å². The van der Waals surface area contributed by atoms with E-state index >= 15 is 0 Å². The van der Waals surface area contributed by atoms with E-state index in [0.29, 0.717) is 0 Å². The number of carbonyl (C=O) groups is 3. The molecule has 3 N–H and O–H groups in total. The SMILES string of the molecule is O=C(NO)c1ccc2c(c1)C(=O)N(O)C2=O. The monoisotopic (exact) mass is 222 g/mol. The Morgan fingerprint density at radius 2 is 1.81 bits per heavy atom. The molecule has 1 aliphatic rings. The fraction of sp³-hybridized carbons (Fsp3) is 0. The van der Waals surface area contributed by atoms with E-state index in [9.17, 15) is 14.4 Å². The molecule has 0 aliphatic carbocycles. The number of amides is 3. The van der Waals surface area contributed by atoms with Crippen molar-refractivity contribution in [3.8, 4) is 0 Å². The summed E-state index contributed by atoms with van der Waals surface area (Å²) in [6, 6.07) is 3.61. The zero-order valence-corrected chi connectivity index (χ0v) is 7.80. The van der Waals surface area contributed by atoms with Crippen molar-refractivity contribution in [2.45, 2.75) is 0 Å². The van der Waals surface area contributed by atoms with E-state index in [1.165, 1.54) is 17.6 Å². The van der Waals surface area contributed by atoms with Crippen molar-refractivity contribution in [3.05, 3.63) is 34.9 Å². The Morgan fingerprint density at radius 3 is 2.44 bits per heavy atom. The molecule has 16 heavy (non-hydrogen) atoms. The normalized spacial score (nSPS) is 14.0. The van der Waals surface area contributed by atoms with Gasteiger partial charge in [0.2, 0.25) is 0 Å². The summed E-state index contributed by atoms with van der Waals surface area (Å²) in [5.74, 6) is -2.54. The highest BCUT2D eigenvalue weighted by atomic mass is 16.5. The van der Waals surface area contributed by atoms with Gasteiger partial charge >= 0.3 is 0 Å². The van der Waals surface area contributed by atoms with Crippen LogP contribution in [0.2, 0.25) is 0 Å². The molecule has 0 saturated heterocycles. The van der Waals surface area contributed by atoms with Crippen LogP contribution in [0.3, 0.4) is 0 Å².